The fourth-order valence-electron chi connectivity index (χ4n) is 1.91. The fourth-order valence-corrected chi connectivity index (χ4v) is 1.91. The van der Waals surface area contributed by atoms with Gasteiger partial charge in [0, 0.05) is 20.3 Å². The van der Waals surface area contributed by atoms with Crippen molar-refractivity contribution in [2.75, 3.05) is 20.3 Å². The average Bonchev–Trinajstić information content (AvgIpc) is 2.73. The van der Waals surface area contributed by atoms with E-state index in [0.29, 0.717) is 26.0 Å². The van der Waals surface area contributed by atoms with E-state index in [-0.39, 0.29) is 5.91 Å². The lowest BCUT2D eigenvalue weighted by Crippen LogP contribution is -2.50. The smallest absolute Gasteiger partial charge is 0.240 e. The Labute approximate surface area is 94.9 Å². The van der Waals surface area contributed by atoms with Gasteiger partial charge in [-0.25, -0.2) is 0 Å². The molecule has 2 atom stereocenters. The summed E-state index contributed by atoms with van der Waals surface area (Å²) in [5, 5.41) is 0. The van der Waals surface area contributed by atoms with E-state index < -0.39 is 18.0 Å². The van der Waals surface area contributed by atoms with Crippen LogP contribution in [0.25, 0.3) is 0 Å². The van der Waals surface area contributed by atoms with Crippen molar-refractivity contribution in [1.82, 2.24) is 4.90 Å². The quantitative estimate of drug-likeness (QED) is 0.620. The minimum absolute atomic E-state index is 0.210. The van der Waals surface area contributed by atoms with Crippen molar-refractivity contribution in [3.63, 3.8) is 0 Å². The van der Waals surface area contributed by atoms with Gasteiger partial charge in [-0.05, 0) is 19.3 Å². The van der Waals surface area contributed by atoms with E-state index >= 15 is 0 Å². The van der Waals surface area contributed by atoms with Crippen molar-refractivity contribution in [2.24, 2.45) is 11.5 Å². The van der Waals surface area contributed by atoms with E-state index in [1.807, 2.05) is 0 Å². The summed E-state index contributed by atoms with van der Waals surface area (Å²) in [6, 6.07) is -1.10. The van der Waals surface area contributed by atoms with Gasteiger partial charge in [0.2, 0.25) is 11.8 Å². The second kappa shape index (κ2) is 5.81. The first-order valence-corrected chi connectivity index (χ1v) is 5.42. The highest BCUT2D eigenvalue weighted by atomic mass is 16.5. The van der Waals surface area contributed by atoms with Gasteiger partial charge in [0.1, 0.15) is 6.04 Å². The van der Waals surface area contributed by atoms with Gasteiger partial charge in [-0.2, -0.15) is 0 Å². The Bertz CT molecular complexity index is 270. The summed E-state index contributed by atoms with van der Waals surface area (Å²) in [7, 11) is 1.55. The number of amides is 2. The molecule has 0 radical (unpaired) electrons. The van der Waals surface area contributed by atoms with Crippen LogP contribution in [0, 0.1) is 0 Å². The van der Waals surface area contributed by atoms with Crippen molar-refractivity contribution >= 4 is 11.8 Å². The lowest BCUT2D eigenvalue weighted by Gasteiger charge is -2.25. The number of methoxy groups -OCH3 is 1. The number of likely N-dealkylation sites (tertiary alicyclic amines) is 1. The summed E-state index contributed by atoms with van der Waals surface area (Å²) in [6.45, 7) is 0.995. The molecule has 1 aliphatic rings. The number of hydrogen-bond donors (Lipinski definition) is 2. The normalized spacial score (nSPS) is 22.1. The third-order valence-corrected chi connectivity index (χ3v) is 2.81. The molecule has 1 fully saturated rings. The van der Waals surface area contributed by atoms with Gasteiger partial charge in [-0.1, -0.05) is 0 Å². The summed E-state index contributed by atoms with van der Waals surface area (Å²) in [6.07, 6.45) is 1.89. The molecule has 4 N–H and O–H groups in total. The second-order valence-corrected chi connectivity index (χ2v) is 3.98. The van der Waals surface area contributed by atoms with Crippen LogP contribution in [0.2, 0.25) is 0 Å². The Kier molecular flexibility index (Phi) is 4.70. The van der Waals surface area contributed by atoms with E-state index in [1.165, 1.54) is 4.90 Å². The molecule has 0 saturated carbocycles. The first kappa shape index (κ1) is 12.9. The van der Waals surface area contributed by atoms with E-state index in [0.717, 1.165) is 6.42 Å². The molecule has 0 aromatic heterocycles. The van der Waals surface area contributed by atoms with Crippen molar-refractivity contribution in [3.05, 3.63) is 0 Å². The zero-order valence-electron chi connectivity index (χ0n) is 9.52. The first-order chi connectivity index (χ1) is 7.57. The molecule has 1 saturated heterocycles. The molecule has 0 aliphatic carbocycles. The number of primary amides is 1. The molecule has 6 nitrogen and oxygen atoms in total. The molecule has 0 aromatic carbocycles. The summed E-state index contributed by atoms with van der Waals surface area (Å²) in [5.74, 6) is -0.664. The van der Waals surface area contributed by atoms with Crippen LogP contribution in [-0.2, 0) is 14.3 Å². The monoisotopic (exact) mass is 229 g/mol. The Morgan fingerprint density at radius 3 is 2.81 bits per heavy atom. The van der Waals surface area contributed by atoms with Gasteiger partial charge in [-0.15, -0.1) is 0 Å². The van der Waals surface area contributed by atoms with Gasteiger partial charge < -0.3 is 21.1 Å². The zero-order chi connectivity index (χ0) is 12.1. The van der Waals surface area contributed by atoms with E-state index in [4.69, 9.17) is 16.2 Å². The molecule has 92 valence electrons. The molecule has 1 aliphatic heterocycles. The Morgan fingerprint density at radius 1 is 1.56 bits per heavy atom. The molecule has 0 aromatic rings. The van der Waals surface area contributed by atoms with Crippen molar-refractivity contribution in [1.29, 1.82) is 0 Å². The number of carbonyl (C=O) groups is 2. The average molecular weight is 229 g/mol. The van der Waals surface area contributed by atoms with Gasteiger partial charge in [-0.3, -0.25) is 9.59 Å². The number of nitrogens with two attached hydrogens (primary N) is 2. The zero-order valence-corrected chi connectivity index (χ0v) is 9.52. The maximum absolute atomic E-state index is 11.9. The highest BCUT2D eigenvalue weighted by molar-refractivity contribution is 5.89. The number of ether oxygens (including phenoxy) is 1. The maximum atomic E-state index is 11.9. The van der Waals surface area contributed by atoms with Gasteiger partial charge in [0.15, 0.2) is 0 Å². The predicted octanol–water partition coefficient (Wildman–Crippen LogP) is -1.17. The third-order valence-electron chi connectivity index (χ3n) is 2.81. The summed E-state index contributed by atoms with van der Waals surface area (Å²) in [4.78, 5) is 24.5. The molecule has 6 heteroatoms. The third kappa shape index (κ3) is 2.93. The molecule has 0 spiro atoms. The number of nitrogens with zero attached hydrogens (tertiary/aromatic N) is 1. The SMILES string of the molecule is COCCC(N)C(=O)N1CCCC1C(N)=O. The van der Waals surface area contributed by atoms with Crippen LogP contribution in [0.15, 0.2) is 0 Å². The topological polar surface area (TPSA) is 98.7 Å². The van der Waals surface area contributed by atoms with Crippen molar-refractivity contribution in [2.45, 2.75) is 31.3 Å². The second-order valence-electron chi connectivity index (χ2n) is 3.98. The van der Waals surface area contributed by atoms with Crippen LogP contribution in [0.5, 0.6) is 0 Å². The molecule has 1 rings (SSSR count). The first-order valence-electron chi connectivity index (χ1n) is 5.42. The van der Waals surface area contributed by atoms with Crippen LogP contribution in [0.4, 0.5) is 0 Å². The van der Waals surface area contributed by atoms with E-state index in [2.05, 4.69) is 0 Å². The minimum Gasteiger partial charge on any atom is -0.385 e. The van der Waals surface area contributed by atoms with Crippen LogP contribution < -0.4 is 11.5 Å². The van der Waals surface area contributed by atoms with Crippen LogP contribution >= 0.6 is 0 Å². The molecular formula is C10H19N3O3. The largest absolute Gasteiger partial charge is 0.385 e. The Hall–Kier alpha value is -1.14. The highest BCUT2D eigenvalue weighted by Gasteiger charge is 2.34. The molecule has 16 heavy (non-hydrogen) atoms. The Morgan fingerprint density at radius 2 is 2.25 bits per heavy atom. The van der Waals surface area contributed by atoms with E-state index in [1.54, 1.807) is 7.11 Å². The lowest BCUT2D eigenvalue weighted by molar-refractivity contribution is -0.138. The number of hydrogen-bond acceptors (Lipinski definition) is 4. The van der Waals surface area contributed by atoms with E-state index in [9.17, 15) is 9.59 Å². The van der Waals surface area contributed by atoms with Gasteiger partial charge >= 0.3 is 0 Å². The number of rotatable bonds is 5. The number of carbonyl (C=O) groups excluding carboxylic acids is 2. The summed E-state index contributed by atoms with van der Waals surface area (Å²) < 4.78 is 4.86. The molecule has 2 unspecified atom stereocenters. The maximum Gasteiger partial charge on any atom is 0.240 e. The predicted molar refractivity (Wildman–Crippen MR) is 58.4 cm³/mol. The van der Waals surface area contributed by atoms with Crippen LogP contribution in [-0.4, -0.2) is 49.1 Å². The fraction of sp³-hybridized carbons (Fsp3) is 0.800. The Balaban J connectivity index is 2.55. The van der Waals surface area contributed by atoms with Gasteiger partial charge in [0.05, 0.1) is 6.04 Å². The molecule has 0 bridgehead atoms. The molecule has 2 amide bonds. The van der Waals surface area contributed by atoms with Gasteiger partial charge in [0.25, 0.3) is 0 Å². The summed E-state index contributed by atoms with van der Waals surface area (Å²) >= 11 is 0. The lowest BCUT2D eigenvalue weighted by atomic mass is 10.1. The van der Waals surface area contributed by atoms with Crippen molar-refractivity contribution < 1.29 is 14.3 Å². The standard InChI is InChI=1S/C10H19N3O3/c1-16-6-4-7(11)10(15)13-5-2-3-8(13)9(12)14/h7-8H,2-6,11H2,1H3,(H2,12,14). The highest BCUT2D eigenvalue weighted by Crippen LogP contribution is 2.18. The minimum atomic E-state index is -0.611. The molecular weight excluding hydrogens is 210 g/mol. The van der Waals surface area contributed by atoms with Crippen LogP contribution in [0.3, 0.4) is 0 Å². The summed E-state index contributed by atoms with van der Waals surface area (Å²) in [5.41, 5.74) is 11.0. The molecule has 1 heterocycles. The van der Waals surface area contributed by atoms with Crippen LogP contribution in [0.1, 0.15) is 19.3 Å². The van der Waals surface area contributed by atoms with Crippen molar-refractivity contribution in [3.8, 4) is 0 Å².